The summed E-state index contributed by atoms with van der Waals surface area (Å²) in [6.45, 7) is 2.83. The van der Waals surface area contributed by atoms with Crippen LogP contribution in [0, 0.1) is 0 Å². The summed E-state index contributed by atoms with van der Waals surface area (Å²) in [4.78, 5) is 0. The summed E-state index contributed by atoms with van der Waals surface area (Å²) < 4.78 is 27.3. The molecule has 2 aliphatic heterocycles. The molecule has 0 amide bonds. The van der Waals surface area contributed by atoms with Crippen molar-refractivity contribution in [3.63, 3.8) is 0 Å². The molecule has 0 bridgehead atoms. The Morgan fingerprint density at radius 2 is 1.80 bits per heavy atom. The SMILES string of the molecule is O=S(=O)(C1CCNCC1)N1CCCc2ccccc2C1. The minimum atomic E-state index is -3.16. The van der Waals surface area contributed by atoms with Crippen LogP contribution in [0.4, 0.5) is 0 Å². The molecule has 1 fully saturated rings. The number of fused-ring (bicyclic) bond motifs is 1. The molecule has 5 heteroatoms. The molecule has 1 aromatic rings. The van der Waals surface area contributed by atoms with Gasteiger partial charge in [0, 0.05) is 13.1 Å². The van der Waals surface area contributed by atoms with E-state index in [-0.39, 0.29) is 5.25 Å². The van der Waals surface area contributed by atoms with Crippen LogP contribution in [-0.4, -0.2) is 37.6 Å². The average molecular weight is 294 g/mol. The minimum absolute atomic E-state index is 0.200. The van der Waals surface area contributed by atoms with E-state index in [1.54, 1.807) is 4.31 Å². The van der Waals surface area contributed by atoms with Gasteiger partial charge in [0.25, 0.3) is 0 Å². The summed E-state index contributed by atoms with van der Waals surface area (Å²) in [5.41, 5.74) is 2.47. The van der Waals surface area contributed by atoms with E-state index in [0.717, 1.165) is 38.8 Å². The Kier molecular flexibility index (Phi) is 4.10. The lowest BCUT2D eigenvalue weighted by atomic mass is 10.0. The fraction of sp³-hybridized carbons (Fsp3) is 0.600. The predicted molar refractivity (Wildman–Crippen MR) is 80.0 cm³/mol. The molecule has 2 aliphatic rings. The molecule has 0 radical (unpaired) electrons. The third-order valence-electron chi connectivity index (χ3n) is 4.39. The molecule has 0 saturated carbocycles. The lowest BCUT2D eigenvalue weighted by Crippen LogP contribution is -2.43. The fourth-order valence-corrected chi connectivity index (χ4v) is 5.15. The van der Waals surface area contributed by atoms with Gasteiger partial charge < -0.3 is 5.32 Å². The Hall–Kier alpha value is -0.910. The monoisotopic (exact) mass is 294 g/mol. The van der Waals surface area contributed by atoms with Gasteiger partial charge in [-0.05, 0) is 49.9 Å². The maximum atomic E-state index is 12.8. The largest absolute Gasteiger partial charge is 0.317 e. The van der Waals surface area contributed by atoms with Crippen molar-refractivity contribution in [2.24, 2.45) is 0 Å². The van der Waals surface area contributed by atoms with Gasteiger partial charge in [-0.15, -0.1) is 0 Å². The molecular formula is C15H22N2O2S. The number of hydrogen-bond acceptors (Lipinski definition) is 3. The molecule has 3 rings (SSSR count). The molecule has 110 valence electrons. The minimum Gasteiger partial charge on any atom is -0.317 e. The third-order valence-corrected chi connectivity index (χ3v) is 6.73. The van der Waals surface area contributed by atoms with E-state index >= 15 is 0 Å². The van der Waals surface area contributed by atoms with Gasteiger partial charge in [-0.2, -0.15) is 4.31 Å². The van der Waals surface area contributed by atoms with E-state index in [1.807, 2.05) is 12.1 Å². The van der Waals surface area contributed by atoms with Crippen molar-refractivity contribution in [1.29, 1.82) is 0 Å². The number of hydrogen-bond donors (Lipinski definition) is 1. The van der Waals surface area contributed by atoms with Gasteiger partial charge >= 0.3 is 0 Å². The first-order chi connectivity index (χ1) is 9.68. The topological polar surface area (TPSA) is 49.4 Å². The highest BCUT2D eigenvalue weighted by Crippen LogP contribution is 2.25. The Morgan fingerprint density at radius 3 is 2.55 bits per heavy atom. The van der Waals surface area contributed by atoms with Crippen LogP contribution in [0.25, 0.3) is 0 Å². The molecule has 20 heavy (non-hydrogen) atoms. The Balaban J connectivity index is 1.83. The molecule has 4 nitrogen and oxygen atoms in total. The standard InChI is InChI=1S/C15H22N2O2S/c18-20(19,15-7-9-16-10-8-15)17-11-3-6-13-4-1-2-5-14(13)12-17/h1-2,4-5,15-16H,3,6-12H2. The van der Waals surface area contributed by atoms with Crippen molar-refractivity contribution in [1.82, 2.24) is 9.62 Å². The van der Waals surface area contributed by atoms with Crippen molar-refractivity contribution in [2.75, 3.05) is 19.6 Å². The van der Waals surface area contributed by atoms with E-state index < -0.39 is 10.0 Å². The van der Waals surface area contributed by atoms with Gasteiger partial charge in [-0.3, -0.25) is 0 Å². The highest BCUT2D eigenvalue weighted by atomic mass is 32.2. The van der Waals surface area contributed by atoms with Crippen LogP contribution in [0.3, 0.4) is 0 Å². The van der Waals surface area contributed by atoms with Gasteiger partial charge in [-0.1, -0.05) is 24.3 Å². The van der Waals surface area contributed by atoms with E-state index in [4.69, 9.17) is 0 Å². The van der Waals surface area contributed by atoms with Crippen molar-refractivity contribution in [3.05, 3.63) is 35.4 Å². The normalized spacial score (nSPS) is 22.2. The molecule has 1 aromatic carbocycles. The Morgan fingerprint density at radius 1 is 1.10 bits per heavy atom. The average Bonchev–Trinajstić information content (AvgIpc) is 2.71. The highest BCUT2D eigenvalue weighted by molar-refractivity contribution is 7.89. The summed E-state index contributed by atoms with van der Waals surface area (Å²) in [7, 11) is -3.16. The van der Waals surface area contributed by atoms with E-state index in [2.05, 4.69) is 17.4 Å². The zero-order valence-electron chi connectivity index (χ0n) is 11.7. The number of aryl methyl sites for hydroxylation is 1. The summed E-state index contributed by atoms with van der Waals surface area (Å²) in [5.74, 6) is 0. The number of nitrogens with zero attached hydrogens (tertiary/aromatic N) is 1. The first kappa shape index (κ1) is 14.0. The zero-order chi connectivity index (χ0) is 14.0. The van der Waals surface area contributed by atoms with Crippen LogP contribution < -0.4 is 5.32 Å². The number of rotatable bonds is 2. The maximum absolute atomic E-state index is 12.8. The van der Waals surface area contributed by atoms with Gasteiger partial charge in [0.2, 0.25) is 10.0 Å². The van der Waals surface area contributed by atoms with Crippen molar-refractivity contribution < 1.29 is 8.42 Å². The number of piperidine rings is 1. The fourth-order valence-electron chi connectivity index (χ4n) is 3.19. The summed E-state index contributed by atoms with van der Waals surface area (Å²) in [5, 5.41) is 3.03. The van der Waals surface area contributed by atoms with Gasteiger partial charge in [-0.25, -0.2) is 8.42 Å². The predicted octanol–water partition coefficient (Wildman–Crippen LogP) is 1.52. The van der Waals surface area contributed by atoms with E-state index in [1.165, 1.54) is 11.1 Å². The molecule has 0 unspecified atom stereocenters. The van der Waals surface area contributed by atoms with E-state index in [0.29, 0.717) is 13.1 Å². The summed E-state index contributed by atoms with van der Waals surface area (Å²) in [6.07, 6.45) is 3.37. The maximum Gasteiger partial charge on any atom is 0.217 e. The quantitative estimate of drug-likeness (QED) is 0.899. The number of sulfonamides is 1. The lowest BCUT2D eigenvalue weighted by Gasteiger charge is -2.29. The second kappa shape index (κ2) is 5.84. The first-order valence-electron chi connectivity index (χ1n) is 7.44. The van der Waals surface area contributed by atoms with Gasteiger partial charge in [0.1, 0.15) is 0 Å². The summed E-state index contributed by atoms with van der Waals surface area (Å²) >= 11 is 0. The second-order valence-electron chi connectivity index (χ2n) is 5.70. The van der Waals surface area contributed by atoms with Crippen LogP contribution in [0.15, 0.2) is 24.3 Å². The Labute approximate surface area is 121 Å². The molecule has 1 N–H and O–H groups in total. The molecule has 2 heterocycles. The van der Waals surface area contributed by atoms with Gasteiger partial charge in [0.05, 0.1) is 5.25 Å². The highest BCUT2D eigenvalue weighted by Gasteiger charge is 2.33. The number of nitrogens with one attached hydrogen (secondary N) is 1. The number of benzene rings is 1. The van der Waals surface area contributed by atoms with E-state index in [9.17, 15) is 8.42 Å². The zero-order valence-corrected chi connectivity index (χ0v) is 12.5. The van der Waals surface area contributed by atoms with Crippen molar-refractivity contribution in [3.8, 4) is 0 Å². The molecule has 0 atom stereocenters. The molecule has 1 saturated heterocycles. The van der Waals surface area contributed by atoms with Crippen LogP contribution in [-0.2, 0) is 23.0 Å². The summed E-state index contributed by atoms with van der Waals surface area (Å²) in [6, 6.07) is 8.22. The molecule has 0 spiro atoms. The smallest absolute Gasteiger partial charge is 0.217 e. The molecule has 0 aliphatic carbocycles. The van der Waals surface area contributed by atoms with Crippen molar-refractivity contribution >= 4 is 10.0 Å². The Bertz CT molecular complexity index is 565. The first-order valence-corrected chi connectivity index (χ1v) is 8.95. The van der Waals surface area contributed by atoms with Crippen LogP contribution in [0.5, 0.6) is 0 Å². The van der Waals surface area contributed by atoms with Crippen LogP contribution in [0.2, 0.25) is 0 Å². The third kappa shape index (κ3) is 2.75. The van der Waals surface area contributed by atoms with Crippen molar-refractivity contribution in [2.45, 2.75) is 37.5 Å². The van der Waals surface area contributed by atoms with Crippen LogP contribution >= 0.6 is 0 Å². The molecule has 0 aromatic heterocycles. The second-order valence-corrected chi connectivity index (χ2v) is 7.91. The van der Waals surface area contributed by atoms with Gasteiger partial charge in [0.15, 0.2) is 0 Å². The lowest BCUT2D eigenvalue weighted by molar-refractivity contribution is 0.388. The van der Waals surface area contributed by atoms with Crippen LogP contribution in [0.1, 0.15) is 30.4 Å². The molecular weight excluding hydrogens is 272 g/mol.